The van der Waals surface area contributed by atoms with E-state index >= 15 is 0 Å². The highest BCUT2D eigenvalue weighted by atomic mass is 16.5. The van der Waals surface area contributed by atoms with Crippen LogP contribution in [0.4, 0.5) is 0 Å². The summed E-state index contributed by atoms with van der Waals surface area (Å²) in [5, 5.41) is 2.94. The van der Waals surface area contributed by atoms with E-state index in [4.69, 9.17) is 10.5 Å². The van der Waals surface area contributed by atoms with Gasteiger partial charge in [0.1, 0.15) is 0 Å². The Morgan fingerprint density at radius 1 is 1.44 bits per heavy atom. The summed E-state index contributed by atoms with van der Waals surface area (Å²) < 4.78 is 5.21. The van der Waals surface area contributed by atoms with Crippen LogP contribution in [0.15, 0.2) is 0 Å². The quantitative estimate of drug-likeness (QED) is 0.692. The lowest BCUT2D eigenvalue weighted by Crippen LogP contribution is -2.43. The zero-order chi connectivity index (χ0) is 12.8. The smallest absolute Gasteiger partial charge is 0.223 e. The molecule has 1 atom stereocenters. The maximum Gasteiger partial charge on any atom is 0.223 e. The summed E-state index contributed by atoms with van der Waals surface area (Å²) in [6.45, 7) is 8.51. The largest absolute Gasteiger partial charge is 0.378 e. The highest BCUT2D eigenvalue weighted by Gasteiger charge is 2.22. The average Bonchev–Trinajstić information content (AvgIpc) is 2.15. The van der Waals surface area contributed by atoms with Gasteiger partial charge in [-0.15, -0.1) is 0 Å². The Morgan fingerprint density at radius 2 is 2.00 bits per heavy atom. The summed E-state index contributed by atoms with van der Waals surface area (Å²) in [7, 11) is 1.61. The van der Waals surface area contributed by atoms with Gasteiger partial charge < -0.3 is 15.8 Å². The number of carbonyl (C=O) groups is 1. The molecule has 96 valence electrons. The maximum atomic E-state index is 11.7. The molecule has 3 N–H and O–H groups in total. The number of hydrogen-bond acceptors (Lipinski definition) is 3. The van der Waals surface area contributed by atoms with E-state index in [0.29, 0.717) is 18.9 Å². The first-order valence-corrected chi connectivity index (χ1v) is 5.85. The van der Waals surface area contributed by atoms with Gasteiger partial charge in [-0.1, -0.05) is 13.8 Å². The third-order valence-corrected chi connectivity index (χ3v) is 2.54. The lowest BCUT2D eigenvalue weighted by molar-refractivity contribution is -0.126. The molecule has 0 radical (unpaired) electrons. The predicted molar refractivity (Wildman–Crippen MR) is 66.1 cm³/mol. The molecular weight excluding hydrogens is 204 g/mol. The Labute approximate surface area is 98.9 Å². The highest BCUT2D eigenvalue weighted by Crippen LogP contribution is 2.13. The van der Waals surface area contributed by atoms with Gasteiger partial charge in [0, 0.05) is 19.7 Å². The van der Waals surface area contributed by atoms with Crippen molar-refractivity contribution >= 4 is 5.91 Å². The number of rotatable bonds is 7. The fourth-order valence-electron chi connectivity index (χ4n) is 1.52. The number of hydrogen-bond donors (Lipinski definition) is 2. The Bertz CT molecular complexity index is 215. The van der Waals surface area contributed by atoms with Crippen LogP contribution >= 0.6 is 0 Å². The van der Waals surface area contributed by atoms with Crippen molar-refractivity contribution in [3.05, 3.63) is 0 Å². The lowest BCUT2D eigenvalue weighted by atomic mass is 10.0. The Morgan fingerprint density at radius 3 is 2.38 bits per heavy atom. The molecule has 0 aromatic heterocycles. The van der Waals surface area contributed by atoms with Crippen molar-refractivity contribution in [1.82, 2.24) is 5.32 Å². The number of nitrogens with two attached hydrogens (primary N) is 1. The molecule has 0 saturated carbocycles. The van der Waals surface area contributed by atoms with E-state index in [2.05, 4.69) is 19.2 Å². The van der Waals surface area contributed by atoms with Gasteiger partial charge >= 0.3 is 0 Å². The Hall–Kier alpha value is -0.610. The topological polar surface area (TPSA) is 64.3 Å². The van der Waals surface area contributed by atoms with Crippen LogP contribution in [0.25, 0.3) is 0 Å². The van der Waals surface area contributed by atoms with Crippen molar-refractivity contribution < 1.29 is 9.53 Å². The summed E-state index contributed by atoms with van der Waals surface area (Å²) in [6, 6.07) is 0.0696. The fraction of sp³-hybridized carbons (Fsp3) is 0.917. The first-order chi connectivity index (χ1) is 7.30. The third kappa shape index (κ3) is 6.80. The molecule has 0 aliphatic carbocycles. The molecule has 0 aromatic rings. The van der Waals surface area contributed by atoms with E-state index in [1.54, 1.807) is 7.11 Å². The summed E-state index contributed by atoms with van der Waals surface area (Å²) in [5.74, 6) is 0.534. The van der Waals surface area contributed by atoms with Crippen LogP contribution in [0.2, 0.25) is 0 Å². The zero-order valence-corrected chi connectivity index (χ0v) is 11.2. The van der Waals surface area contributed by atoms with Crippen molar-refractivity contribution in [2.75, 3.05) is 13.7 Å². The maximum absolute atomic E-state index is 11.7. The second-order valence-corrected chi connectivity index (χ2v) is 5.27. The minimum atomic E-state index is -0.416. The van der Waals surface area contributed by atoms with Gasteiger partial charge in [0.15, 0.2) is 0 Å². The Kier molecular flexibility index (Phi) is 6.60. The number of nitrogens with one attached hydrogen (secondary N) is 1. The second-order valence-electron chi connectivity index (χ2n) is 5.27. The molecule has 4 nitrogen and oxygen atoms in total. The Balaban J connectivity index is 4.11. The van der Waals surface area contributed by atoms with Gasteiger partial charge in [-0.3, -0.25) is 4.79 Å². The fourth-order valence-corrected chi connectivity index (χ4v) is 1.52. The highest BCUT2D eigenvalue weighted by molar-refractivity contribution is 5.77. The van der Waals surface area contributed by atoms with Gasteiger partial charge in [0.2, 0.25) is 5.91 Å². The van der Waals surface area contributed by atoms with Gasteiger partial charge in [0.25, 0.3) is 0 Å². The minimum Gasteiger partial charge on any atom is -0.378 e. The molecule has 0 heterocycles. The van der Waals surface area contributed by atoms with Crippen LogP contribution in [0, 0.1) is 5.92 Å². The van der Waals surface area contributed by atoms with Crippen molar-refractivity contribution in [2.45, 2.75) is 52.2 Å². The zero-order valence-electron chi connectivity index (χ0n) is 11.2. The molecule has 0 rings (SSSR count). The summed E-state index contributed by atoms with van der Waals surface area (Å²) in [5.41, 5.74) is 5.20. The molecule has 16 heavy (non-hydrogen) atoms. The first-order valence-electron chi connectivity index (χ1n) is 5.85. The van der Waals surface area contributed by atoms with Crippen molar-refractivity contribution in [1.29, 1.82) is 0 Å². The summed E-state index contributed by atoms with van der Waals surface area (Å²) in [6.07, 6.45) is 1.27. The van der Waals surface area contributed by atoms with Crippen LogP contribution in [0.3, 0.4) is 0 Å². The van der Waals surface area contributed by atoms with Gasteiger partial charge in [0.05, 0.1) is 12.0 Å². The summed E-state index contributed by atoms with van der Waals surface area (Å²) in [4.78, 5) is 11.7. The number of methoxy groups -OCH3 is 1. The standard InChI is InChI=1S/C12H26N2O2/c1-9(2)6-10(8-13)14-11(15)7-12(3,4)16-5/h9-10H,6-8,13H2,1-5H3,(H,14,15). The third-order valence-electron chi connectivity index (χ3n) is 2.54. The van der Waals surface area contributed by atoms with E-state index < -0.39 is 5.60 Å². The predicted octanol–water partition coefficient (Wildman–Crippen LogP) is 1.29. The molecule has 0 spiro atoms. The lowest BCUT2D eigenvalue weighted by Gasteiger charge is -2.24. The average molecular weight is 230 g/mol. The second kappa shape index (κ2) is 6.86. The number of amides is 1. The van der Waals surface area contributed by atoms with Gasteiger partial charge in [-0.05, 0) is 26.2 Å². The van der Waals surface area contributed by atoms with Crippen molar-refractivity contribution in [3.8, 4) is 0 Å². The first kappa shape index (κ1) is 15.4. The molecule has 4 heteroatoms. The normalized spacial score (nSPS) is 13.9. The molecule has 0 bridgehead atoms. The minimum absolute atomic E-state index is 0.00273. The van der Waals surface area contributed by atoms with Crippen LogP contribution in [-0.4, -0.2) is 31.2 Å². The molecule has 0 saturated heterocycles. The molecule has 0 aromatic carbocycles. The molecule has 0 aliphatic rings. The van der Waals surface area contributed by atoms with E-state index in [1.165, 1.54) is 0 Å². The number of ether oxygens (including phenoxy) is 1. The molecule has 1 unspecified atom stereocenters. The van der Waals surface area contributed by atoms with Crippen molar-refractivity contribution in [3.63, 3.8) is 0 Å². The van der Waals surface area contributed by atoms with Crippen LogP contribution < -0.4 is 11.1 Å². The molecule has 0 aliphatic heterocycles. The summed E-state index contributed by atoms with van der Waals surface area (Å²) >= 11 is 0. The van der Waals surface area contributed by atoms with E-state index in [1.807, 2.05) is 13.8 Å². The van der Waals surface area contributed by atoms with Gasteiger partial charge in [-0.25, -0.2) is 0 Å². The number of carbonyl (C=O) groups excluding carboxylic acids is 1. The monoisotopic (exact) mass is 230 g/mol. The van der Waals surface area contributed by atoms with Crippen LogP contribution in [-0.2, 0) is 9.53 Å². The van der Waals surface area contributed by atoms with E-state index in [-0.39, 0.29) is 11.9 Å². The van der Waals surface area contributed by atoms with Crippen LogP contribution in [0.5, 0.6) is 0 Å². The van der Waals surface area contributed by atoms with Gasteiger partial charge in [-0.2, -0.15) is 0 Å². The van der Waals surface area contributed by atoms with E-state index in [0.717, 1.165) is 6.42 Å². The van der Waals surface area contributed by atoms with Crippen molar-refractivity contribution in [2.24, 2.45) is 11.7 Å². The molecule has 0 fully saturated rings. The molecular formula is C12H26N2O2. The van der Waals surface area contributed by atoms with E-state index in [9.17, 15) is 4.79 Å². The SMILES string of the molecule is COC(C)(C)CC(=O)NC(CN)CC(C)C. The molecule has 1 amide bonds. The van der Waals surface area contributed by atoms with Crippen LogP contribution in [0.1, 0.15) is 40.5 Å².